The Kier molecular flexibility index (Phi) is 8.32. The SMILES string of the molecule is N#CCCc1ccc(/C(=C(\c2ccc(F)cc2Cl)C2CCC2)c2ccc(-c3cnn(C4CCCCO4)c3)cc2)cc1. The van der Waals surface area contributed by atoms with Gasteiger partial charge in [-0.25, -0.2) is 9.07 Å². The lowest BCUT2D eigenvalue weighted by Gasteiger charge is -2.32. The lowest BCUT2D eigenvalue weighted by molar-refractivity contribution is -0.0394. The molecule has 1 aromatic heterocycles. The molecule has 41 heavy (non-hydrogen) atoms. The first-order chi connectivity index (χ1) is 20.1. The van der Waals surface area contributed by atoms with Crippen LogP contribution in [0.1, 0.15) is 73.4 Å². The molecule has 1 unspecified atom stereocenters. The highest BCUT2D eigenvalue weighted by atomic mass is 35.5. The van der Waals surface area contributed by atoms with Crippen molar-refractivity contribution in [1.82, 2.24) is 9.78 Å². The van der Waals surface area contributed by atoms with Crippen LogP contribution in [0.25, 0.3) is 22.3 Å². The summed E-state index contributed by atoms with van der Waals surface area (Å²) in [5, 5.41) is 14.1. The number of benzene rings is 3. The molecule has 0 spiro atoms. The third-order valence-corrected chi connectivity index (χ3v) is 8.64. The number of ether oxygens (including phenoxy) is 1. The maximum absolute atomic E-state index is 14.1. The molecule has 6 rings (SSSR count). The summed E-state index contributed by atoms with van der Waals surface area (Å²) in [6, 6.07) is 24.1. The minimum absolute atomic E-state index is 0.00735. The Morgan fingerprint density at radius 2 is 1.71 bits per heavy atom. The van der Waals surface area contributed by atoms with Crippen LogP contribution in [0.5, 0.6) is 0 Å². The van der Waals surface area contributed by atoms with Gasteiger partial charge in [0, 0.05) is 24.8 Å². The highest BCUT2D eigenvalue weighted by Gasteiger charge is 2.28. The number of aromatic nitrogens is 2. The number of halogens is 2. The summed E-state index contributed by atoms with van der Waals surface area (Å²) in [7, 11) is 0. The number of aryl methyl sites for hydroxylation is 1. The number of rotatable bonds is 8. The Morgan fingerprint density at radius 3 is 2.34 bits per heavy atom. The summed E-state index contributed by atoms with van der Waals surface area (Å²) in [5.41, 5.74) is 8.62. The minimum atomic E-state index is -0.335. The van der Waals surface area contributed by atoms with Crippen molar-refractivity contribution in [1.29, 1.82) is 5.26 Å². The Bertz CT molecular complexity index is 1570. The van der Waals surface area contributed by atoms with E-state index < -0.39 is 0 Å². The zero-order chi connectivity index (χ0) is 28.2. The van der Waals surface area contributed by atoms with Crippen molar-refractivity contribution < 1.29 is 9.13 Å². The zero-order valence-electron chi connectivity index (χ0n) is 23.0. The van der Waals surface area contributed by atoms with Crippen molar-refractivity contribution in [3.8, 4) is 17.2 Å². The fraction of sp³-hybridized carbons (Fsp3) is 0.314. The van der Waals surface area contributed by atoms with Crippen LogP contribution in [-0.2, 0) is 11.2 Å². The number of nitriles is 1. The van der Waals surface area contributed by atoms with Gasteiger partial charge in [0.15, 0.2) is 0 Å². The fourth-order valence-corrected chi connectivity index (χ4v) is 6.15. The quantitative estimate of drug-likeness (QED) is 0.200. The van der Waals surface area contributed by atoms with Gasteiger partial charge in [-0.3, -0.25) is 0 Å². The smallest absolute Gasteiger partial charge is 0.150 e. The minimum Gasteiger partial charge on any atom is -0.357 e. The van der Waals surface area contributed by atoms with E-state index in [2.05, 4.69) is 65.9 Å². The van der Waals surface area contributed by atoms with Crippen LogP contribution in [0.2, 0.25) is 5.02 Å². The number of hydrogen-bond donors (Lipinski definition) is 0. The van der Waals surface area contributed by atoms with Gasteiger partial charge in [0.1, 0.15) is 12.0 Å². The third kappa shape index (κ3) is 6.00. The van der Waals surface area contributed by atoms with Crippen LogP contribution >= 0.6 is 11.6 Å². The van der Waals surface area contributed by atoms with E-state index in [1.165, 1.54) is 24.1 Å². The second kappa shape index (κ2) is 12.4. The molecule has 208 valence electrons. The lowest BCUT2D eigenvalue weighted by Crippen LogP contribution is -2.18. The van der Waals surface area contributed by atoms with Crippen molar-refractivity contribution >= 4 is 22.7 Å². The first-order valence-corrected chi connectivity index (χ1v) is 14.9. The van der Waals surface area contributed by atoms with Crippen molar-refractivity contribution in [2.45, 2.75) is 57.6 Å². The Labute approximate surface area is 246 Å². The second-order valence-electron chi connectivity index (χ2n) is 11.0. The third-order valence-electron chi connectivity index (χ3n) is 8.33. The van der Waals surface area contributed by atoms with Crippen LogP contribution < -0.4 is 0 Å². The summed E-state index contributed by atoms with van der Waals surface area (Å²) < 4.78 is 21.9. The van der Waals surface area contributed by atoms with Crippen molar-refractivity contribution in [2.75, 3.05) is 6.61 Å². The predicted molar refractivity (Wildman–Crippen MR) is 162 cm³/mol. The molecule has 3 aromatic carbocycles. The van der Waals surface area contributed by atoms with Gasteiger partial charge in [0.05, 0.1) is 17.3 Å². The number of nitrogens with zero attached hydrogens (tertiary/aromatic N) is 3. The molecule has 2 heterocycles. The summed E-state index contributed by atoms with van der Waals surface area (Å²) in [6.45, 7) is 0.782. The van der Waals surface area contributed by atoms with E-state index in [0.29, 0.717) is 17.4 Å². The average Bonchev–Trinajstić information content (AvgIpc) is 3.47. The first kappa shape index (κ1) is 27.4. The molecule has 2 aliphatic rings. The molecule has 1 saturated heterocycles. The molecule has 4 nitrogen and oxygen atoms in total. The van der Waals surface area contributed by atoms with E-state index in [9.17, 15) is 4.39 Å². The van der Waals surface area contributed by atoms with E-state index in [4.69, 9.17) is 21.6 Å². The average molecular weight is 566 g/mol. The largest absolute Gasteiger partial charge is 0.357 e. The zero-order valence-corrected chi connectivity index (χ0v) is 23.8. The van der Waals surface area contributed by atoms with E-state index in [1.54, 1.807) is 0 Å². The van der Waals surface area contributed by atoms with Gasteiger partial charge in [-0.05, 0) is 95.5 Å². The van der Waals surface area contributed by atoms with E-state index >= 15 is 0 Å². The molecule has 0 radical (unpaired) electrons. The van der Waals surface area contributed by atoms with Crippen molar-refractivity contribution in [3.05, 3.63) is 112 Å². The summed E-state index contributed by atoms with van der Waals surface area (Å²) in [6.07, 6.45) is 11.8. The highest BCUT2D eigenvalue weighted by Crippen LogP contribution is 2.47. The van der Waals surface area contributed by atoms with Gasteiger partial charge >= 0.3 is 0 Å². The monoisotopic (exact) mass is 565 g/mol. The number of allylic oxidation sites excluding steroid dienone is 1. The predicted octanol–water partition coefficient (Wildman–Crippen LogP) is 9.26. The Hall–Kier alpha value is -3.72. The van der Waals surface area contributed by atoms with Crippen LogP contribution in [0.3, 0.4) is 0 Å². The normalized spacial score (nSPS) is 17.9. The van der Waals surface area contributed by atoms with Gasteiger partial charge in [0.25, 0.3) is 0 Å². The van der Waals surface area contributed by atoms with Gasteiger partial charge in [-0.1, -0.05) is 72.6 Å². The summed E-state index contributed by atoms with van der Waals surface area (Å²) in [5.74, 6) is 0.0123. The Balaban J connectivity index is 1.42. The molecule has 0 amide bonds. The van der Waals surface area contributed by atoms with Crippen LogP contribution in [0.4, 0.5) is 4.39 Å². The van der Waals surface area contributed by atoms with E-state index in [-0.39, 0.29) is 12.0 Å². The lowest BCUT2D eigenvalue weighted by atomic mass is 9.73. The maximum Gasteiger partial charge on any atom is 0.150 e. The molecule has 1 atom stereocenters. The standard InChI is InChI=1S/C35H33ClFN3O/c36-32-21-30(37)17-18-31(32)35(26-6-3-7-26)34(27-11-9-24(10-12-27)5-4-19-38)28-15-13-25(14-16-28)29-22-39-40(23-29)33-8-1-2-20-41-33/h9-18,21-23,26,33H,1-8,20H2/b35-34+. The molecule has 6 heteroatoms. The van der Waals surface area contributed by atoms with Gasteiger partial charge in [0.2, 0.25) is 0 Å². The fourth-order valence-electron chi connectivity index (χ4n) is 5.89. The molecule has 2 fully saturated rings. The van der Waals surface area contributed by atoms with Crippen molar-refractivity contribution in [2.24, 2.45) is 5.92 Å². The molecular weight excluding hydrogens is 533 g/mol. The number of hydrogen-bond acceptors (Lipinski definition) is 3. The highest BCUT2D eigenvalue weighted by molar-refractivity contribution is 6.32. The van der Waals surface area contributed by atoms with Crippen molar-refractivity contribution in [3.63, 3.8) is 0 Å². The molecule has 0 N–H and O–H groups in total. The molecular formula is C35H33ClFN3O. The molecule has 1 aliphatic heterocycles. The second-order valence-corrected chi connectivity index (χ2v) is 11.4. The van der Waals surface area contributed by atoms with Crippen LogP contribution in [-0.4, -0.2) is 16.4 Å². The molecule has 1 aliphatic carbocycles. The van der Waals surface area contributed by atoms with Crippen LogP contribution in [0.15, 0.2) is 79.1 Å². The Morgan fingerprint density at radius 1 is 0.951 bits per heavy atom. The van der Waals surface area contributed by atoms with Gasteiger partial charge in [-0.15, -0.1) is 0 Å². The topological polar surface area (TPSA) is 50.8 Å². The van der Waals surface area contributed by atoms with Gasteiger partial charge < -0.3 is 4.74 Å². The maximum atomic E-state index is 14.1. The van der Waals surface area contributed by atoms with Gasteiger partial charge in [-0.2, -0.15) is 10.4 Å². The first-order valence-electron chi connectivity index (χ1n) is 14.5. The summed E-state index contributed by atoms with van der Waals surface area (Å²) >= 11 is 6.70. The molecule has 4 aromatic rings. The van der Waals surface area contributed by atoms with E-state index in [0.717, 1.165) is 84.1 Å². The van der Waals surface area contributed by atoms with Crippen LogP contribution in [0, 0.1) is 23.1 Å². The molecule has 1 saturated carbocycles. The van der Waals surface area contributed by atoms with E-state index in [1.807, 2.05) is 16.9 Å². The molecule has 0 bridgehead atoms. The summed E-state index contributed by atoms with van der Waals surface area (Å²) in [4.78, 5) is 0.